The number of nitrogens with zero attached hydrogens (tertiary/aromatic N) is 1. The van der Waals surface area contributed by atoms with Crippen molar-refractivity contribution in [2.75, 3.05) is 18.0 Å². The first-order chi connectivity index (χ1) is 7.27. The maximum Gasteiger partial charge on any atom is 0.345 e. The highest BCUT2D eigenvalue weighted by Crippen LogP contribution is 2.25. The zero-order valence-electron chi connectivity index (χ0n) is 8.61. The molecule has 2 heterocycles. The van der Waals surface area contributed by atoms with Gasteiger partial charge in [-0.2, -0.15) is 0 Å². The lowest BCUT2D eigenvalue weighted by Crippen LogP contribution is -2.23. The number of rotatable bonds is 2. The van der Waals surface area contributed by atoms with Gasteiger partial charge in [0.2, 0.25) is 0 Å². The Morgan fingerprint density at radius 2 is 1.93 bits per heavy atom. The number of anilines is 1. The first-order valence-electron chi connectivity index (χ1n) is 5.34. The minimum absolute atomic E-state index is 0.439. The van der Waals surface area contributed by atoms with Gasteiger partial charge in [-0.25, -0.2) is 4.79 Å². The van der Waals surface area contributed by atoms with Gasteiger partial charge in [0.1, 0.15) is 4.88 Å². The SMILES string of the molecule is O=C(O)c1cc(N2CCCCCC2)cs1. The third kappa shape index (κ3) is 2.50. The molecule has 1 aliphatic rings. The predicted molar refractivity (Wildman–Crippen MR) is 62.0 cm³/mol. The Balaban J connectivity index is 2.10. The molecule has 0 amide bonds. The molecule has 4 heteroatoms. The van der Waals surface area contributed by atoms with Gasteiger partial charge in [-0.3, -0.25) is 0 Å². The molecule has 82 valence electrons. The normalized spacial score (nSPS) is 17.5. The molecule has 1 N–H and O–H groups in total. The van der Waals surface area contributed by atoms with Gasteiger partial charge in [-0.15, -0.1) is 11.3 Å². The van der Waals surface area contributed by atoms with E-state index in [9.17, 15) is 4.79 Å². The highest BCUT2D eigenvalue weighted by Gasteiger charge is 2.13. The Bertz CT molecular complexity index is 340. The summed E-state index contributed by atoms with van der Waals surface area (Å²) in [7, 11) is 0. The molecule has 1 aliphatic heterocycles. The van der Waals surface area contributed by atoms with Crippen LogP contribution in [0, 0.1) is 0 Å². The van der Waals surface area contributed by atoms with Gasteiger partial charge >= 0.3 is 5.97 Å². The molecule has 0 aliphatic carbocycles. The second kappa shape index (κ2) is 4.66. The van der Waals surface area contributed by atoms with Gasteiger partial charge in [0.15, 0.2) is 0 Å². The zero-order chi connectivity index (χ0) is 10.7. The molecule has 1 saturated heterocycles. The monoisotopic (exact) mass is 225 g/mol. The van der Waals surface area contributed by atoms with Gasteiger partial charge < -0.3 is 10.0 Å². The zero-order valence-corrected chi connectivity index (χ0v) is 9.42. The molecule has 1 aromatic heterocycles. The lowest BCUT2D eigenvalue weighted by atomic mass is 10.2. The summed E-state index contributed by atoms with van der Waals surface area (Å²) >= 11 is 1.32. The molecule has 1 aromatic rings. The van der Waals surface area contributed by atoms with Gasteiger partial charge in [0.25, 0.3) is 0 Å². The fraction of sp³-hybridized carbons (Fsp3) is 0.545. The summed E-state index contributed by atoms with van der Waals surface area (Å²) in [5, 5.41) is 10.8. The van der Waals surface area contributed by atoms with Crippen LogP contribution in [0.15, 0.2) is 11.4 Å². The summed E-state index contributed by atoms with van der Waals surface area (Å²) in [6.45, 7) is 2.13. The number of hydrogen-bond acceptors (Lipinski definition) is 3. The summed E-state index contributed by atoms with van der Waals surface area (Å²) in [6.07, 6.45) is 5.04. The van der Waals surface area contributed by atoms with Crippen LogP contribution in [0.2, 0.25) is 0 Å². The van der Waals surface area contributed by atoms with Crippen LogP contribution in [0.5, 0.6) is 0 Å². The van der Waals surface area contributed by atoms with Crippen LogP contribution in [-0.4, -0.2) is 24.2 Å². The number of carboxylic acid groups (broad SMARTS) is 1. The quantitative estimate of drug-likeness (QED) is 0.841. The molecule has 0 bridgehead atoms. The standard InChI is InChI=1S/C11H15NO2S/c13-11(14)10-7-9(8-15-10)12-5-3-1-2-4-6-12/h7-8H,1-6H2,(H,13,14). The van der Waals surface area contributed by atoms with Crippen LogP contribution in [0.3, 0.4) is 0 Å². The Kier molecular flexibility index (Phi) is 3.26. The van der Waals surface area contributed by atoms with Crippen LogP contribution in [-0.2, 0) is 0 Å². The third-order valence-corrected chi connectivity index (χ3v) is 3.67. The van der Waals surface area contributed by atoms with Crippen LogP contribution in [0.4, 0.5) is 5.69 Å². The van der Waals surface area contributed by atoms with Crippen molar-refractivity contribution in [3.05, 3.63) is 16.3 Å². The smallest absolute Gasteiger partial charge is 0.345 e. The van der Waals surface area contributed by atoms with E-state index in [1.165, 1.54) is 37.0 Å². The molecule has 1 fully saturated rings. The van der Waals surface area contributed by atoms with E-state index in [-0.39, 0.29) is 0 Å². The summed E-state index contributed by atoms with van der Waals surface area (Å²) in [4.78, 5) is 13.5. The van der Waals surface area contributed by atoms with Crippen LogP contribution in [0.25, 0.3) is 0 Å². The maximum atomic E-state index is 10.8. The van der Waals surface area contributed by atoms with Crippen molar-refractivity contribution in [1.82, 2.24) is 0 Å². The Morgan fingerprint density at radius 3 is 2.47 bits per heavy atom. The molecule has 0 unspecified atom stereocenters. The van der Waals surface area contributed by atoms with Gasteiger partial charge in [-0.05, 0) is 18.9 Å². The molecule has 15 heavy (non-hydrogen) atoms. The van der Waals surface area contributed by atoms with Crippen molar-refractivity contribution in [2.24, 2.45) is 0 Å². The third-order valence-electron chi connectivity index (χ3n) is 2.77. The van der Waals surface area contributed by atoms with Crippen molar-refractivity contribution in [1.29, 1.82) is 0 Å². The number of thiophene rings is 1. The highest BCUT2D eigenvalue weighted by atomic mass is 32.1. The van der Waals surface area contributed by atoms with Crippen LogP contribution in [0.1, 0.15) is 35.4 Å². The summed E-state index contributed by atoms with van der Waals surface area (Å²) in [6, 6.07) is 1.79. The number of aromatic carboxylic acids is 1. The summed E-state index contributed by atoms with van der Waals surface area (Å²) in [5.74, 6) is -0.818. The summed E-state index contributed by atoms with van der Waals surface area (Å²) < 4.78 is 0. The first-order valence-corrected chi connectivity index (χ1v) is 6.22. The van der Waals surface area contributed by atoms with Gasteiger partial charge in [0.05, 0.1) is 0 Å². The molecule has 0 atom stereocenters. The number of carboxylic acids is 1. The largest absolute Gasteiger partial charge is 0.477 e. The maximum absolute atomic E-state index is 10.8. The van der Waals surface area contributed by atoms with E-state index in [4.69, 9.17) is 5.11 Å². The fourth-order valence-electron chi connectivity index (χ4n) is 1.93. The Morgan fingerprint density at radius 1 is 1.27 bits per heavy atom. The average Bonchev–Trinajstić information content (AvgIpc) is 2.55. The molecule has 2 rings (SSSR count). The number of carbonyl (C=O) groups is 1. The minimum Gasteiger partial charge on any atom is -0.477 e. The minimum atomic E-state index is -0.818. The van der Waals surface area contributed by atoms with E-state index >= 15 is 0 Å². The molecule has 0 saturated carbocycles. The van der Waals surface area contributed by atoms with E-state index in [0.717, 1.165) is 18.8 Å². The molecular formula is C11H15NO2S. The van der Waals surface area contributed by atoms with Crippen molar-refractivity contribution in [2.45, 2.75) is 25.7 Å². The molecule has 0 aromatic carbocycles. The first kappa shape index (κ1) is 10.5. The van der Waals surface area contributed by atoms with Gasteiger partial charge in [-0.1, -0.05) is 12.8 Å². The van der Waals surface area contributed by atoms with Crippen molar-refractivity contribution in [3.63, 3.8) is 0 Å². The van der Waals surface area contributed by atoms with Crippen LogP contribution >= 0.6 is 11.3 Å². The van der Waals surface area contributed by atoms with Crippen molar-refractivity contribution >= 4 is 23.0 Å². The molecule has 0 spiro atoms. The predicted octanol–water partition coefficient (Wildman–Crippen LogP) is 2.83. The van der Waals surface area contributed by atoms with Crippen molar-refractivity contribution in [3.8, 4) is 0 Å². The fourth-order valence-corrected chi connectivity index (χ4v) is 2.69. The van der Waals surface area contributed by atoms with E-state index in [2.05, 4.69) is 4.90 Å². The van der Waals surface area contributed by atoms with E-state index < -0.39 is 5.97 Å². The average molecular weight is 225 g/mol. The van der Waals surface area contributed by atoms with E-state index in [1.807, 2.05) is 5.38 Å². The molecule has 0 radical (unpaired) electrons. The lowest BCUT2D eigenvalue weighted by molar-refractivity contribution is 0.0702. The van der Waals surface area contributed by atoms with Crippen molar-refractivity contribution < 1.29 is 9.90 Å². The second-order valence-corrected chi connectivity index (χ2v) is 4.79. The number of hydrogen-bond donors (Lipinski definition) is 1. The highest BCUT2D eigenvalue weighted by molar-refractivity contribution is 7.12. The second-order valence-electron chi connectivity index (χ2n) is 3.88. The lowest BCUT2D eigenvalue weighted by Gasteiger charge is -2.20. The van der Waals surface area contributed by atoms with E-state index in [1.54, 1.807) is 6.07 Å². The Labute approximate surface area is 93.3 Å². The molecule has 3 nitrogen and oxygen atoms in total. The summed E-state index contributed by atoms with van der Waals surface area (Å²) in [5.41, 5.74) is 1.08. The topological polar surface area (TPSA) is 40.5 Å². The van der Waals surface area contributed by atoms with E-state index in [0.29, 0.717) is 4.88 Å². The Hall–Kier alpha value is -1.03. The molecular weight excluding hydrogens is 210 g/mol. The van der Waals surface area contributed by atoms with Crippen LogP contribution < -0.4 is 4.90 Å². The van der Waals surface area contributed by atoms with Gasteiger partial charge in [0, 0.05) is 24.2 Å².